The number of amides is 1. The van der Waals surface area contributed by atoms with Crippen LogP contribution in [0.25, 0.3) is 0 Å². The van der Waals surface area contributed by atoms with Gasteiger partial charge < -0.3 is 4.90 Å². The average Bonchev–Trinajstić information content (AvgIpc) is 2.45. The molecule has 0 saturated heterocycles. The molecule has 1 aliphatic carbocycles. The normalized spacial score (nSPS) is 16.8. The van der Waals surface area contributed by atoms with Gasteiger partial charge in [-0.3, -0.25) is 4.79 Å². The van der Waals surface area contributed by atoms with Crippen molar-refractivity contribution in [1.29, 1.82) is 0 Å². The Labute approximate surface area is 122 Å². The lowest BCUT2D eigenvalue weighted by molar-refractivity contribution is -0.141. The summed E-state index contributed by atoms with van der Waals surface area (Å²) in [5, 5.41) is 0. The summed E-state index contributed by atoms with van der Waals surface area (Å²) in [6.45, 7) is 1.44. The monoisotopic (exact) mass is 300 g/mol. The van der Waals surface area contributed by atoms with Gasteiger partial charge in [0.05, 0.1) is 11.3 Å². The number of hydrogen-bond acceptors (Lipinski definition) is 2. The van der Waals surface area contributed by atoms with Gasteiger partial charge >= 0.3 is 6.18 Å². The summed E-state index contributed by atoms with van der Waals surface area (Å²) in [6, 6.07) is 2.27. The topological polar surface area (TPSA) is 33.2 Å². The molecule has 1 saturated carbocycles. The predicted molar refractivity (Wildman–Crippen MR) is 72.9 cm³/mol. The number of halogens is 3. The summed E-state index contributed by atoms with van der Waals surface area (Å²) in [6.07, 6.45) is 0.783. The second-order valence-electron chi connectivity index (χ2n) is 5.54. The van der Waals surface area contributed by atoms with Crippen LogP contribution in [0.3, 0.4) is 0 Å². The lowest BCUT2D eigenvalue weighted by Gasteiger charge is -2.31. The number of pyridine rings is 1. The Kier molecular flexibility index (Phi) is 4.54. The van der Waals surface area contributed by atoms with Gasteiger partial charge in [-0.25, -0.2) is 4.98 Å². The Bertz CT molecular complexity index is 522. The maximum atomic E-state index is 12.6. The van der Waals surface area contributed by atoms with E-state index < -0.39 is 11.9 Å². The van der Waals surface area contributed by atoms with Crippen LogP contribution in [0.1, 0.15) is 53.8 Å². The summed E-state index contributed by atoms with van der Waals surface area (Å²) in [5.41, 5.74) is -0.592. The lowest BCUT2D eigenvalue weighted by atomic mass is 9.94. The second kappa shape index (κ2) is 6.03. The maximum absolute atomic E-state index is 12.6. The number of alkyl halides is 3. The van der Waals surface area contributed by atoms with E-state index in [4.69, 9.17) is 0 Å². The van der Waals surface area contributed by atoms with Crippen molar-refractivity contribution in [1.82, 2.24) is 9.88 Å². The predicted octanol–water partition coefficient (Wildman–Crippen LogP) is 3.81. The first-order valence-electron chi connectivity index (χ1n) is 7.12. The number of hydrogen-bond donors (Lipinski definition) is 0. The first kappa shape index (κ1) is 15.8. The van der Waals surface area contributed by atoms with Gasteiger partial charge in [0.15, 0.2) is 0 Å². The zero-order valence-electron chi connectivity index (χ0n) is 12.2. The highest BCUT2D eigenvalue weighted by molar-refractivity contribution is 5.95. The van der Waals surface area contributed by atoms with Crippen LogP contribution in [-0.2, 0) is 6.18 Å². The van der Waals surface area contributed by atoms with Gasteiger partial charge in [-0.2, -0.15) is 13.2 Å². The standard InChI is InChI=1S/C15H19F3N2O/c1-10-12(8-9-13(19-10)15(16,17)18)14(21)20(2)11-6-4-3-5-7-11/h8-9,11H,3-7H2,1-2H3. The summed E-state index contributed by atoms with van der Waals surface area (Å²) in [4.78, 5) is 17.6. The third-order valence-corrected chi connectivity index (χ3v) is 4.05. The van der Waals surface area contributed by atoms with Gasteiger partial charge in [0, 0.05) is 13.1 Å². The minimum absolute atomic E-state index is 0.123. The summed E-state index contributed by atoms with van der Waals surface area (Å²) in [7, 11) is 1.72. The molecule has 2 rings (SSSR count). The Hall–Kier alpha value is -1.59. The molecule has 3 nitrogen and oxygen atoms in total. The van der Waals surface area contributed by atoms with Crippen molar-refractivity contribution in [2.75, 3.05) is 7.05 Å². The molecule has 21 heavy (non-hydrogen) atoms. The van der Waals surface area contributed by atoms with E-state index >= 15 is 0 Å². The van der Waals surface area contributed by atoms with Crippen LogP contribution in [0.2, 0.25) is 0 Å². The Balaban J connectivity index is 2.19. The highest BCUT2D eigenvalue weighted by Crippen LogP contribution is 2.29. The Morgan fingerprint density at radius 2 is 1.86 bits per heavy atom. The molecule has 1 aliphatic rings. The molecule has 6 heteroatoms. The molecule has 0 aromatic carbocycles. The molecule has 0 atom stereocenters. The van der Waals surface area contributed by atoms with Gasteiger partial charge in [0.2, 0.25) is 0 Å². The summed E-state index contributed by atoms with van der Waals surface area (Å²) < 4.78 is 37.8. The summed E-state index contributed by atoms with van der Waals surface area (Å²) >= 11 is 0. The van der Waals surface area contributed by atoms with Crippen LogP contribution < -0.4 is 0 Å². The Morgan fingerprint density at radius 1 is 1.24 bits per heavy atom. The van der Waals surface area contributed by atoms with Crippen LogP contribution in [0.5, 0.6) is 0 Å². The highest BCUT2D eigenvalue weighted by atomic mass is 19.4. The number of carbonyl (C=O) groups excluding carboxylic acids is 1. The molecular weight excluding hydrogens is 281 g/mol. The van der Waals surface area contributed by atoms with Gasteiger partial charge in [0.1, 0.15) is 5.69 Å². The van der Waals surface area contributed by atoms with E-state index in [1.54, 1.807) is 11.9 Å². The van der Waals surface area contributed by atoms with E-state index in [1.165, 1.54) is 19.4 Å². The van der Waals surface area contributed by atoms with Crippen LogP contribution in [0.4, 0.5) is 13.2 Å². The fourth-order valence-electron chi connectivity index (χ4n) is 2.77. The van der Waals surface area contributed by atoms with Gasteiger partial charge in [-0.15, -0.1) is 0 Å². The molecule has 1 fully saturated rings. The molecule has 1 aromatic heterocycles. The SMILES string of the molecule is Cc1nc(C(F)(F)F)ccc1C(=O)N(C)C1CCCCC1. The van der Waals surface area contributed by atoms with Crippen molar-refractivity contribution in [2.24, 2.45) is 0 Å². The van der Waals surface area contributed by atoms with Crippen LogP contribution in [-0.4, -0.2) is 28.9 Å². The smallest absolute Gasteiger partial charge is 0.339 e. The highest BCUT2D eigenvalue weighted by Gasteiger charge is 2.33. The molecular formula is C15H19F3N2O. The molecule has 116 valence electrons. The molecule has 0 radical (unpaired) electrons. The number of rotatable bonds is 2. The van der Waals surface area contributed by atoms with Crippen molar-refractivity contribution < 1.29 is 18.0 Å². The number of aromatic nitrogens is 1. The zero-order valence-corrected chi connectivity index (χ0v) is 12.2. The average molecular weight is 300 g/mol. The molecule has 0 N–H and O–H groups in total. The number of aryl methyl sites for hydroxylation is 1. The molecule has 0 unspecified atom stereocenters. The third-order valence-electron chi connectivity index (χ3n) is 4.05. The molecule has 0 bridgehead atoms. The minimum atomic E-state index is -4.48. The largest absolute Gasteiger partial charge is 0.433 e. The molecule has 1 amide bonds. The van der Waals surface area contributed by atoms with Crippen molar-refractivity contribution in [3.05, 3.63) is 29.1 Å². The van der Waals surface area contributed by atoms with Gasteiger partial charge in [-0.1, -0.05) is 19.3 Å². The van der Waals surface area contributed by atoms with E-state index in [0.717, 1.165) is 31.7 Å². The number of carbonyl (C=O) groups is 1. The fourth-order valence-corrected chi connectivity index (χ4v) is 2.77. The molecule has 0 aliphatic heterocycles. The fraction of sp³-hybridized carbons (Fsp3) is 0.600. The lowest BCUT2D eigenvalue weighted by Crippen LogP contribution is -2.38. The molecule has 1 heterocycles. The Morgan fingerprint density at radius 3 is 2.38 bits per heavy atom. The first-order valence-corrected chi connectivity index (χ1v) is 7.12. The van der Waals surface area contributed by atoms with Gasteiger partial charge in [-0.05, 0) is 31.9 Å². The number of nitrogens with zero attached hydrogens (tertiary/aromatic N) is 2. The second-order valence-corrected chi connectivity index (χ2v) is 5.54. The minimum Gasteiger partial charge on any atom is -0.339 e. The van der Waals surface area contributed by atoms with Crippen LogP contribution in [0.15, 0.2) is 12.1 Å². The van der Waals surface area contributed by atoms with E-state index in [1.807, 2.05) is 0 Å². The van der Waals surface area contributed by atoms with E-state index in [-0.39, 0.29) is 23.2 Å². The summed E-state index contributed by atoms with van der Waals surface area (Å²) in [5.74, 6) is -0.249. The third kappa shape index (κ3) is 3.54. The van der Waals surface area contributed by atoms with Crippen molar-refractivity contribution in [3.63, 3.8) is 0 Å². The quantitative estimate of drug-likeness (QED) is 0.832. The zero-order chi connectivity index (χ0) is 15.6. The van der Waals surface area contributed by atoms with Crippen LogP contribution >= 0.6 is 0 Å². The maximum Gasteiger partial charge on any atom is 0.433 e. The molecule has 1 aromatic rings. The molecule has 0 spiro atoms. The first-order chi connectivity index (χ1) is 9.80. The van der Waals surface area contributed by atoms with E-state index in [2.05, 4.69) is 4.98 Å². The van der Waals surface area contributed by atoms with E-state index in [0.29, 0.717) is 0 Å². The van der Waals surface area contributed by atoms with E-state index in [9.17, 15) is 18.0 Å². The van der Waals surface area contributed by atoms with Crippen molar-refractivity contribution in [3.8, 4) is 0 Å². The van der Waals surface area contributed by atoms with Crippen molar-refractivity contribution in [2.45, 2.75) is 51.2 Å². The van der Waals surface area contributed by atoms with Crippen molar-refractivity contribution >= 4 is 5.91 Å². The van der Waals surface area contributed by atoms with Crippen LogP contribution in [0, 0.1) is 6.92 Å². The van der Waals surface area contributed by atoms with Gasteiger partial charge in [0.25, 0.3) is 5.91 Å².